The molecule has 0 unspecified atom stereocenters. The lowest BCUT2D eigenvalue weighted by Gasteiger charge is -2.40. The van der Waals surface area contributed by atoms with Gasteiger partial charge < -0.3 is 4.74 Å². The lowest BCUT2D eigenvalue weighted by molar-refractivity contribution is -0.133. The van der Waals surface area contributed by atoms with Crippen LogP contribution in [0.25, 0.3) is 0 Å². The summed E-state index contributed by atoms with van der Waals surface area (Å²) >= 11 is 0. The molecule has 0 atom stereocenters. The van der Waals surface area contributed by atoms with E-state index in [9.17, 15) is 4.79 Å². The summed E-state index contributed by atoms with van der Waals surface area (Å²) in [4.78, 5) is 14.7. The van der Waals surface area contributed by atoms with E-state index < -0.39 is 0 Å². The first-order valence-electron chi connectivity index (χ1n) is 6.88. The summed E-state index contributed by atoms with van der Waals surface area (Å²) in [6.45, 7) is 11.7. The third-order valence-electron chi connectivity index (χ3n) is 4.11. The Morgan fingerprint density at radius 3 is 2.24 bits per heavy atom. The molecule has 0 aromatic carbocycles. The Morgan fingerprint density at radius 1 is 1.24 bits per heavy atom. The average Bonchev–Trinajstić information content (AvgIpc) is 2.36. The Hall–Kier alpha value is -0.410. The molecule has 1 saturated heterocycles. The molecule has 3 heteroatoms. The highest BCUT2D eigenvalue weighted by Crippen LogP contribution is 2.23. The molecular formula is C14H27NO2. The first-order valence-corrected chi connectivity index (χ1v) is 6.88. The van der Waals surface area contributed by atoms with E-state index in [-0.39, 0.29) is 5.54 Å². The van der Waals surface area contributed by atoms with Crippen molar-refractivity contribution in [1.82, 2.24) is 4.90 Å². The van der Waals surface area contributed by atoms with Gasteiger partial charge in [0.15, 0.2) is 5.78 Å². The van der Waals surface area contributed by atoms with Gasteiger partial charge in [0.1, 0.15) is 0 Å². The summed E-state index contributed by atoms with van der Waals surface area (Å²) in [5, 5.41) is 0. The van der Waals surface area contributed by atoms with Gasteiger partial charge in [0, 0.05) is 19.5 Å². The van der Waals surface area contributed by atoms with Gasteiger partial charge >= 0.3 is 0 Å². The summed E-state index contributed by atoms with van der Waals surface area (Å²) in [6.07, 6.45) is 2.92. The van der Waals surface area contributed by atoms with E-state index >= 15 is 0 Å². The molecule has 0 aromatic heterocycles. The SMILES string of the molecule is CCC(CC)CC(=O)C(C)(C)N1CCOCC1. The van der Waals surface area contributed by atoms with Crippen LogP contribution in [0.2, 0.25) is 0 Å². The van der Waals surface area contributed by atoms with Crippen molar-refractivity contribution < 1.29 is 9.53 Å². The molecule has 1 fully saturated rings. The third-order valence-corrected chi connectivity index (χ3v) is 4.11. The predicted molar refractivity (Wildman–Crippen MR) is 70.2 cm³/mol. The van der Waals surface area contributed by atoms with Crippen LogP contribution in [0, 0.1) is 5.92 Å². The molecule has 0 radical (unpaired) electrons. The fourth-order valence-electron chi connectivity index (χ4n) is 2.39. The Balaban J connectivity index is 2.58. The number of nitrogens with zero attached hydrogens (tertiary/aromatic N) is 1. The van der Waals surface area contributed by atoms with Crippen LogP contribution in [-0.4, -0.2) is 42.5 Å². The maximum Gasteiger partial charge on any atom is 0.152 e. The zero-order valence-electron chi connectivity index (χ0n) is 11.8. The number of hydrogen-bond donors (Lipinski definition) is 0. The lowest BCUT2D eigenvalue weighted by atomic mass is 9.87. The van der Waals surface area contributed by atoms with E-state index in [0.29, 0.717) is 11.7 Å². The minimum atomic E-state index is -0.327. The molecule has 0 bridgehead atoms. The molecule has 1 aliphatic rings. The molecule has 1 heterocycles. The van der Waals surface area contributed by atoms with Crippen LogP contribution in [-0.2, 0) is 9.53 Å². The van der Waals surface area contributed by atoms with E-state index in [0.717, 1.165) is 45.6 Å². The molecule has 0 N–H and O–H groups in total. The second-order valence-corrected chi connectivity index (χ2v) is 5.47. The van der Waals surface area contributed by atoms with E-state index in [2.05, 4.69) is 32.6 Å². The van der Waals surface area contributed by atoms with Crippen LogP contribution in [0.4, 0.5) is 0 Å². The fraction of sp³-hybridized carbons (Fsp3) is 0.929. The van der Waals surface area contributed by atoms with Gasteiger partial charge in [0.25, 0.3) is 0 Å². The maximum atomic E-state index is 12.4. The second-order valence-electron chi connectivity index (χ2n) is 5.47. The molecule has 1 rings (SSSR count). The number of rotatable bonds is 6. The number of carbonyl (C=O) groups excluding carboxylic acids is 1. The summed E-state index contributed by atoms with van der Waals surface area (Å²) in [6, 6.07) is 0. The summed E-state index contributed by atoms with van der Waals surface area (Å²) in [5.74, 6) is 0.927. The highest BCUT2D eigenvalue weighted by molar-refractivity contribution is 5.87. The molecule has 0 aliphatic carbocycles. The Labute approximate surface area is 106 Å². The van der Waals surface area contributed by atoms with E-state index in [1.165, 1.54) is 0 Å². The molecular weight excluding hydrogens is 214 g/mol. The standard InChI is InChI=1S/C14H27NO2/c1-5-12(6-2)11-13(16)14(3,4)15-7-9-17-10-8-15/h12H,5-11H2,1-4H3. The van der Waals surface area contributed by atoms with Crippen LogP contribution in [0.15, 0.2) is 0 Å². The van der Waals surface area contributed by atoms with Crippen molar-refractivity contribution in [1.29, 1.82) is 0 Å². The van der Waals surface area contributed by atoms with Crippen molar-refractivity contribution >= 4 is 5.78 Å². The zero-order chi connectivity index (χ0) is 12.9. The Kier molecular flexibility index (Phi) is 5.60. The quantitative estimate of drug-likeness (QED) is 0.715. The monoisotopic (exact) mass is 241 g/mol. The molecule has 0 amide bonds. The smallest absolute Gasteiger partial charge is 0.152 e. The molecule has 100 valence electrons. The number of Topliss-reactive ketones (excluding diaryl/α,β-unsaturated/α-hetero) is 1. The number of carbonyl (C=O) groups is 1. The molecule has 1 aliphatic heterocycles. The second kappa shape index (κ2) is 6.50. The van der Waals surface area contributed by atoms with E-state index in [1.54, 1.807) is 0 Å². The fourth-order valence-corrected chi connectivity index (χ4v) is 2.39. The van der Waals surface area contributed by atoms with Gasteiger partial charge in [-0.2, -0.15) is 0 Å². The topological polar surface area (TPSA) is 29.5 Å². The summed E-state index contributed by atoms with van der Waals surface area (Å²) in [7, 11) is 0. The van der Waals surface area contributed by atoms with Gasteiger partial charge in [0.05, 0.1) is 18.8 Å². The predicted octanol–water partition coefficient (Wildman–Crippen LogP) is 2.49. The van der Waals surface area contributed by atoms with Crippen molar-refractivity contribution in [2.75, 3.05) is 26.3 Å². The molecule has 17 heavy (non-hydrogen) atoms. The maximum absolute atomic E-state index is 12.4. The highest BCUT2D eigenvalue weighted by Gasteiger charge is 2.35. The van der Waals surface area contributed by atoms with Gasteiger partial charge in [-0.25, -0.2) is 0 Å². The van der Waals surface area contributed by atoms with Crippen molar-refractivity contribution in [3.05, 3.63) is 0 Å². The van der Waals surface area contributed by atoms with Crippen LogP contribution < -0.4 is 0 Å². The first-order chi connectivity index (χ1) is 8.02. The van der Waals surface area contributed by atoms with Crippen molar-refractivity contribution in [3.63, 3.8) is 0 Å². The van der Waals surface area contributed by atoms with E-state index in [4.69, 9.17) is 4.74 Å². The third kappa shape index (κ3) is 3.78. The summed E-state index contributed by atoms with van der Waals surface area (Å²) in [5.41, 5.74) is -0.327. The van der Waals surface area contributed by atoms with Gasteiger partial charge in [-0.15, -0.1) is 0 Å². The molecule has 0 spiro atoms. The molecule has 0 saturated carbocycles. The number of morpholine rings is 1. The van der Waals surface area contributed by atoms with Gasteiger partial charge in [-0.1, -0.05) is 26.7 Å². The number of hydrogen-bond acceptors (Lipinski definition) is 3. The molecule has 3 nitrogen and oxygen atoms in total. The van der Waals surface area contributed by atoms with Crippen LogP contribution in [0.5, 0.6) is 0 Å². The van der Waals surface area contributed by atoms with E-state index in [1.807, 2.05) is 0 Å². The van der Waals surface area contributed by atoms with Crippen LogP contribution in [0.1, 0.15) is 47.0 Å². The van der Waals surface area contributed by atoms with Crippen molar-refractivity contribution in [3.8, 4) is 0 Å². The average molecular weight is 241 g/mol. The van der Waals surface area contributed by atoms with Crippen molar-refractivity contribution in [2.24, 2.45) is 5.92 Å². The van der Waals surface area contributed by atoms with Crippen LogP contribution in [0.3, 0.4) is 0 Å². The summed E-state index contributed by atoms with van der Waals surface area (Å²) < 4.78 is 5.35. The zero-order valence-corrected chi connectivity index (χ0v) is 11.8. The minimum Gasteiger partial charge on any atom is -0.379 e. The normalized spacial score (nSPS) is 18.6. The number of ether oxygens (including phenoxy) is 1. The largest absolute Gasteiger partial charge is 0.379 e. The van der Waals surface area contributed by atoms with Gasteiger partial charge in [-0.05, 0) is 19.8 Å². The van der Waals surface area contributed by atoms with Gasteiger partial charge in [-0.3, -0.25) is 9.69 Å². The number of ketones is 1. The highest BCUT2D eigenvalue weighted by atomic mass is 16.5. The Bertz CT molecular complexity index is 241. The Morgan fingerprint density at radius 2 is 1.76 bits per heavy atom. The first kappa shape index (κ1) is 14.7. The minimum absolute atomic E-state index is 0.327. The van der Waals surface area contributed by atoms with Gasteiger partial charge in [0.2, 0.25) is 0 Å². The van der Waals surface area contributed by atoms with Crippen molar-refractivity contribution in [2.45, 2.75) is 52.5 Å². The molecule has 0 aromatic rings. The van der Waals surface area contributed by atoms with Crippen LogP contribution >= 0.6 is 0 Å². The lowest BCUT2D eigenvalue weighted by Crippen LogP contribution is -2.54.